The average molecular weight is 305 g/mol. The molecule has 6 heteroatoms. The third-order valence-electron chi connectivity index (χ3n) is 2.83. The van der Waals surface area contributed by atoms with Crippen molar-refractivity contribution in [2.75, 3.05) is 5.32 Å². The fourth-order valence-electron chi connectivity index (χ4n) is 1.90. The van der Waals surface area contributed by atoms with Gasteiger partial charge in [-0.2, -0.15) is 0 Å². The van der Waals surface area contributed by atoms with Gasteiger partial charge in [-0.25, -0.2) is 15.0 Å². The van der Waals surface area contributed by atoms with E-state index in [1.165, 1.54) is 6.20 Å². The first-order valence-corrected chi connectivity index (χ1v) is 7.03. The van der Waals surface area contributed by atoms with E-state index in [9.17, 15) is 4.79 Å². The van der Waals surface area contributed by atoms with E-state index in [1.807, 2.05) is 33.8 Å². The number of hydrogen-bond donors (Lipinski definition) is 1. The molecule has 2 rings (SSSR count). The molecule has 0 bridgehead atoms. The van der Waals surface area contributed by atoms with Crippen molar-refractivity contribution < 1.29 is 4.79 Å². The molecule has 21 heavy (non-hydrogen) atoms. The first-order valence-electron chi connectivity index (χ1n) is 6.66. The number of carbonyl (C=O) groups is 1. The van der Waals surface area contributed by atoms with Crippen LogP contribution in [0.4, 0.5) is 5.82 Å². The maximum atomic E-state index is 12.3. The Morgan fingerprint density at radius 2 is 1.95 bits per heavy atom. The molecular formula is C15H17ClN4O. The van der Waals surface area contributed by atoms with Crippen LogP contribution in [0.2, 0.25) is 5.02 Å². The van der Waals surface area contributed by atoms with Gasteiger partial charge in [0.2, 0.25) is 0 Å². The number of amides is 1. The molecule has 0 spiro atoms. The Labute approximate surface area is 128 Å². The molecule has 1 amide bonds. The summed E-state index contributed by atoms with van der Waals surface area (Å²) in [5.74, 6) is 0.797. The standard InChI is InChI=1S/C15H17ClN4O/c1-8(2)14-17-7-11(16)13(20-14)15(21)19-12-6-9(3)5-10(4)18-12/h5-8H,1-4H3,(H,18,19,21). The van der Waals surface area contributed by atoms with Gasteiger partial charge in [-0.15, -0.1) is 0 Å². The summed E-state index contributed by atoms with van der Waals surface area (Å²) in [7, 11) is 0. The van der Waals surface area contributed by atoms with Crippen molar-refractivity contribution in [2.24, 2.45) is 0 Å². The highest BCUT2D eigenvalue weighted by atomic mass is 35.5. The van der Waals surface area contributed by atoms with Crippen LogP contribution in [0.25, 0.3) is 0 Å². The Bertz CT molecular complexity index is 665. The minimum Gasteiger partial charge on any atom is -0.305 e. The van der Waals surface area contributed by atoms with E-state index >= 15 is 0 Å². The van der Waals surface area contributed by atoms with Crippen molar-refractivity contribution in [2.45, 2.75) is 33.6 Å². The van der Waals surface area contributed by atoms with Crippen molar-refractivity contribution in [3.8, 4) is 0 Å². The van der Waals surface area contributed by atoms with Crippen molar-refractivity contribution in [1.82, 2.24) is 15.0 Å². The zero-order chi connectivity index (χ0) is 15.6. The second-order valence-electron chi connectivity index (χ2n) is 5.20. The fraction of sp³-hybridized carbons (Fsp3) is 0.333. The molecule has 2 heterocycles. The monoisotopic (exact) mass is 304 g/mol. The van der Waals surface area contributed by atoms with Gasteiger partial charge in [0.1, 0.15) is 11.6 Å². The van der Waals surface area contributed by atoms with Gasteiger partial charge >= 0.3 is 0 Å². The summed E-state index contributed by atoms with van der Waals surface area (Å²) in [6.07, 6.45) is 1.45. The molecule has 110 valence electrons. The van der Waals surface area contributed by atoms with Gasteiger partial charge in [-0.1, -0.05) is 25.4 Å². The number of anilines is 1. The van der Waals surface area contributed by atoms with Crippen LogP contribution in [0.5, 0.6) is 0 Å². The van der Waals surface area contributed by atoms with Crippen LogP contribution in [0.15, 0.2) is 18.3 Å². The first-order chi connectivity index (χ1) is 9.86. The molecule has 0 atom stereocenters. The number of carbonyl (C=O) groups excluding carboxylic acids is 1. The molecule has 0 saturated heterocycles. The van der Waals surface area contributed by atoms with Crippen LogP contribution >= 0.6 is 11.6 Å². The van der Waals surface area contributed by atoms with E-state index in [0.717, 1.165) is 11.3 Å². The molecule has 0 saturated carbocycles. The van der Waals surface area contributed by atoms with Crippen molar-refractivity contribution in [3.63, 3.8) is 0 Å². The van der Waals surface area contributed by atoms with Gasteiger partial charge in [0.05, 0.1) is 11.2 Å². The summed E-state index contributed by atoms with van der Waals surface area (Å²) in [4.78, 5) is 24.9. The molecule has 1 N–H and O–H groups in total. The van der Waals surface area contributed by atoms with Crippen LogP contribution < -0.4 is 5.32 Å². The van der Waals surface area contributed by atoms with Crippen LogP contribution in [-0.2, 0) is 0 Å². The molecule has 0 unspecified atom stereocenters. The zero-order valence-electron chi connectivity index (χ0n) is 12.4. The number of nitrogens with one attached hydrogen (secondary N) is 1. The Hall–Kier alpha value is -2.01. The quantitative estimate of drug-likeness (QED) is 0.942. The summed E-state index contributed by atoms with van der Waals surface area (Å²) in [6, 6.07) is 3.73. The van der Waals surface area contributed by atoms with Crippen LogP contribution in [0.1, 0.15) is 47.3 Å². The molecule has 0 aromatic carbocycles. The Balaban J connectivity index is 2.29. The molecule has 2 aromatic heterocycles. The summed E-state index contributed by atoms with van der Waals surface area (Å²) >= 11 is 6.02. The first kappa shape index (κ1) is 15.4. The highest BCUT2D eigenvalue weighted by molar-refractivity contribution is 6.33. The second kappa shape index (κ2) is 6.18. The van der Waals surface area contributed by atoms with Gasteiger partial charge in [-0.3, -0.25) is 4.79 Å². The van der Waals surface area contributed by atoms with E-state index in [1.54, 1.807) is 6.07 Å². The fourth-order valence-corrected chi connectivity index (χ4v) is 2.08. The Morgan fingerprint density at radius 3 is 2.57 bits per heavy atom. The van der Waals surface area contributed by atoms with Gasteiger partial charge in [0.15, 0.2) is 5.69 Å². The summed E-state index contributed by atoms with van der Waals surface area (Å²) < 4.78 is 0. The van der Waals surface area contributed by atoms with Gasteiger partial charge < -0.3 is 5.32 Å². The van der Waals surface area contributed by atoms with Crippen LogP contribution in [0.3, 0.4) is 0 Å². The maximum absolute atomic E-state index is 12.3. The number of aryl methyl sites for hydroxylation is 2. The SMILES string of the molecule is Cc1cc(C)nc(NC(=O)c2nc(C(C)C)ncc2Cl)c1. The smallest absolute Gasteiger partial charge is 0.277 e. The molecule has 2 aromatic rings. The number of pyridine rings is 1. The number of hydrogen-bond acceptors (Lipinski definition) is 4. The summed E-state index contributed by atoms with van der Waals surface area (Å²) in [5, 5.41) is 2.95. The van der Waals surface area contributed by atoms with Crippen molar-refractivity contribution >= 4 is 23.3 Å². The van der Waals surface area contributed by atoms with Crippen LogP contribution in [-0.4, -0.2) is 20.9 Å². The average Bonchev–Trinajstić information content (AvgIpc) is 2.37. The Morgan fingerprint density at radius 1 is 1.24 bits per heavy atom. The largest absolute Gasteiger partial charge is 0.305 e. The lowest BCUT2D eigenvalue weighted by Crippen LogP contribution is -2.17. The van der Waals surface area contributed by atoms with Crippen molar-refractivity contribution in [1.29, 1.82) is 0 Å². The molecule has 0 fully saturated rings. The maximum Gasteiger partial charge on any atom is 0.277 e. The topological polar surface area (TPSA) is 67.8 Å². The molecule has 0 aliphatic rings. The van der Waals surface area contributed by atoms with Gasteiger partial charge in [0, 0.05) is 11.6 Å². The van der Waals surface area contributed by atoms with Gasteiger partial charge in [-0.05, 0) is 31.5 Å². The lowest BCUT2D eigenvalue weighted by atomic mass is 10.2. The third-order valence-corrected chi connectivity index (χ3v) is 3.11. The normalized spacial score (nSPS) is 10.8. The van der Waals surface area contributed by atoms with E-state index in [0.29, 0.717) is 11.6 Å². The van der Waals surface area contributed by atoms with E-state index in [2.05, 4.69) is 20.3 Å². The number of halogens is 1. The minimum absolute atomic E-state index is 0.119. The second-order valence-corrected chi connectivity index (χ2v) is 5.61. The summed E-state index contributed by atoms with van der Waals surface area (Å²) in [6.45, 7) is 7.73. The van der Waals surface area contributed by atoms with E-state index in [-0.39, 0.29) is 22.5 Å². The highest BCUT2D eigenvalue weighted by Crippen LogP contribution is 2.18. The summed E-state index contributed by atoms with van der Waals surface area (Å²) in [5.41, 5.74) is 2.02. The predicted molar refractivity (Wildman–Crippen MR) is 82.8 cm³/mol. The number of nitrogens with zero attached hydrogens (tertiary/aromatic N) is 3. The van der Waals surface area contributed by atoms with Crippen LogP contribution in [0, 0.1) is 13.8 Å². The molecule has 0 aliphatic carbocycles. The minimum atomic E-state index is -0.387. The molecule has 0 aliphatic heterocycles. The molecule has 0 radical (unpaired) electrons. The highest BCUT2D eigenvalue weighted by Gasteiger charge is 2.16. The lowest BCUT2D eigenvalue weighted by Gasteiger charge is -2.09. The van der Waals surface area contributed by atoms with E-state index < -0.39 is 0 Å². The third kappa shape index (κ3) is 3.76. The Kier molecular flexibility index (Phi) is 4.53. The lowest BCUT2D eigenvalue weighted by molar-refractivity contribution is 0.102. The number of rotatable bonds is 3. The van der Waals surface area contributed by atoms with E-state index in [4.69, 9.17) is 11.6 Å². The van der Waals surface area contributed by atoms with Crippen molar-refractivity contribution in [3.05, 3.63) is 46.1 Å². The molecule has 5 nitrogen and oxygen atoms in total. The van der Waals surface area contributed by atoms with Gasteiger partial charge in [0.25, 0.3) is 5.91 Å². The number of aromatic nitrogens is 3. The molecular weight excluding hydrogens is 288 g/mol. The predicted octanol–water partition coefficient (Wildman–Crippen LogP) is 3.52. The zero-order valence-corrected chi connectivity index (χ0v) is 13.2.